The van der Waals surface area contributed by atoms with Gasteiger partial charge in [-0.1, -0.05) is 23.2 Å². The molecule has 0 saturated heterocycles. The van der Waals surface area contributed by atoms with E-state index in [-0.39, 0.29) is 27.2 Å². The van der Waals surface area contributed by atoms with Crippen molar-refractivity contribution in [3.8, 4) is 0 Å². The zero-order chi connectivity index (χ0) is 18.0. The van der Waals surface area contributed by atoms with Crippen molar-refractivity contribution in [2.45, 2.75) is 0 Å². The van der Waals surface area contributed by atoms with Crippen LogP contribution in [0.2, 0.25) is 10.0 Å². The van der Waals surface area contributed by atoms with Crippen LogP contribution in [0.15, 0.2) is 24.4 Å². The van der Waals surface area contributed by atoms with Crippen molar-refractivity contribution < 1.29 is 14.8 Å². The predicted molar refractivity (Wildman–Crippen MR) is 83.9 cm³/mol. The Balaban J connectivity index is 2.51. The highest BCUT2D eigenvalue weighted by atomic mass is 35.5. The molecule has 0 atom stereocenters. The average molecular weight is 374 g/mol. The van der Waals surface area contributed by atoms with Gasteiger partial charge in [-0.05, 0) is 0 Å². The van der Waals surface area contributed by atoms with E-state index in [1.807, 2.05) is 0 Å². The van der Waals surface area contributed by atoms with Crippen LogP contribution >= 0.6 is 23.2 Å². The molecule has 0 bridgehead atoms. The summed E-state index contributed by atoms with van der Waals surface area (Å²) < 4.78 is 0. The van der Waals surface area contributed by atoms with E-state index < -0.39 is 26.1 Å². The number of nitro groups is 3. The third-order valence-corrected chi connectivity index (χ3v) is 3.33. The number of hydrogen-bond donors (Lipinski definition) is 1. The highest BCUT2D eigenvalue weighted by Crippen LogP contribution is 2.39. The van der Waals surface area contributed by atoms with E-state index in [2.05, 4.69) is 10.3 Å². The van der Waals surface area contributed by atoms with Crippen molar-refractivity contribution in [3.63, 3.8) is 0 Å². The summed E-state index contributed by atoms with van der Waals surface area (Å²) in [5, 5.41) is 34.5. The summed E-state index contributed by atoms with van der Waals surface area (Å²) in [5.41, 5.74) is -1.91. The third kappa shape index (κ3) is 3.47. The lowest BCUT2D eigenvalue weighted by molar-refractivity contribution is -0.393. The normalized spacial score (nSPS) is 10.2. The van der Waals surface area contributed by atoms with Gasteiger partial charge in [-0.15, -0.1) is 0 Å². The Morgan fingerprint density at radius 1 is 0.875 bits per heavy atom. The lowest BCUT2D eigenvalue weighted by Crippen LogP contribution is -2.02. The second-order valence-corrected chi connectivity index (χ2v) is 5.06. The SMILES string of the molecule is O=[N+]([O-])c1cnc(Nc2c(Cl)cc([N+](=O)[O-])cc2[N+](=O)[O-])c(Cl)c1. The minimum Gasteiger partial charge on any atom is -0.332 e. The Morgan fingerprint density at radius 3 is 1.96 bits per heavy atom. The second-order valence-electron chi connectivity index (χ2n) is 4.24. The maximum atomic E-state index is 11.1. The number of hydrogen-bond acceptors (Lipinski definition) is 8. The Labute approximate surface area is 142 Å². The summed E-state index contributed by atoms with van der Waals surface area (Å²) in [7, 11) is 0. The van der Waals surface area contributed by atoms with Crippen LogP contribution in [0.3, 0.4) is 0 Å². The average Bonchev–Trinajstić information content (AvgIpc) is 2.49. The number of nitrogens with zero attached hydrogens (tertiary/aromatic N) is 4. The molecule has 2 aromatic rings. The topological polar surface area (TPSA) is 154 Å². The minimum atomic E-state index is -0.874. The number of halogens is 2. The van der Waals surface area contributed by atoms with E-state index in [1.165, 1.54) is 0 Å². The van der Waals surface area contributed by atoms with E-state index in [4.69, 9.17) is 23.2 Å². The standard InChI is InChI=1S/C11H5Cl2N5O6/c12-7-1-5(16(19)20)3-9(18(23)24)10(7)15-11-8(13)2-6(4-14-11)17(21)22/h1-4H,(H,14,15). The van der Waals surface area contributed by atoms with Gasteiger partial charge < -0.3 is 5.32 Å². The Bertz CT molecular complexity index is 874. The summed E-state index contributed by atoms with van der Waals surface area (Å²) in [4.78, 5) is 33.8. The molecule has 0 aliphatic carbocycles. The van der Waals surface area contributed by atoms with Crippen molar-refractivity contribution >= 4 is 51.8 Å². The fraction of sp³-hybridized carbons (Fsp3) is 0. The molecular formula is C11H5Cl2N5O6. The molecule has 2 rings (SSSR count). The van der Waals surface area contributed by atoms with Crippen LogP contribution < -0.4 is 5.32 Å². The van der Waals surface area contributed by atoms with Gasteiger partial charge in [0.1, 0.15) is 17.7 Å². The van der Waals surface area contributed by atoms with E-state index in [1.54, 1.807) is 0 Å². The van der Waals surface area contributed by atoms with Crippen LogP contribution in [-0.4, -0.2) is 19.8 Å². The largest absolute Gasteiger partial charge is 0.332 e. The zero-order valence-corrected chi connectivity index (χ0v) is 12.8. The van der Waals surface area contributed by atoms with Gasteiger partial charge in [0, 0.05) is 12.1 Å². The molecule has 0 amide bonds. The van der Waals surface area contributed by atoms with Gasteiger partial charge in [-0.25, -0.2) is 4.98 Å². The molecule has 24 heavy (non-hydrogen) atoms. The Hall–Kier alpha value is -3.05. The maximum Gasteiger partial charge on any atom is 0.301 e. The molecular weight excluding hydrogens is 369 g/mol. The van der Waals surface area contributed by atoms with Gasteiger partial charge in [-0.2, -0.15) is 0 Å². The fourth-order valence-electron chi connectivity index (χ4n) is 1.69. The van der Waals surface area contributed by atoms with E-state index in [0.29, 0.717) is 6.07 Å². The van der Waals surface area contributed by atoms with Crippen LogP contribution in [0.4, 0.5) is 28.6 Å². The van der Waals surface area contributed by atoms with Crippen molar-refractivity contribution in [3.05, 3.63) is 64.8 Å². The predicted octanol–water partition coefficient (Wildman–Crippen LogP) is 3.86. The van der Waals surface area contributed by atoms with E-state index in [0.717, 1.165) is 18.3 Å². The van der Waals surface area contributed by atoms with Gasteiger partial charge >= 0.3 is 5.69 Å². The third-order valence-electron chi connectivity index (χ3n) is 2.74. The highest BCUT2D eigenvalue weighted by molar-refractivity contribution is 6.35. The van der Waals surface area contributed by atoms with Gasteiger partial charge in [0.2, 0.25) is 0 Å². The van der Waals surface area contributed by atoms with Crippen molar-refractivity contribution in [1.82, 2.24) is 4.98 Å². The summed E-state index contributed by atoms with van der Waals surface area (Å²) in [6, 6.07) is 2.62. The van der Waals surface area contributed by atoms with Crippen LogP contribution in [0.25, 0.3) is 0 Å². The number of nitrogens with one attached hydrogen (secondary N) is 1. The molecule has 0 fully saturated rings. The molecule has 0 aliphatic heterocycles. The van der Waals surface area contributed by atoms with Crippen LogP contribution in [-0.2, 0) is 0 Å². The first-order chi connectivity index (χ1) is 11.2. The number of anilines is 2. The molecule has 13 heteroatoms. The first-order valence-electron chi connectivity index (χ1n) is 5.90. The first-order valence-corrected chi connectivity index (χ1v) is 6.65. The molecule has 0 radical (unpaired) electrons. The van der Waals surface area contributed by atoms with Gasteiger partial charge in [0.15, 0.2) is 0 Å². The number of aromatic nitrogens is 1. The highest BCUT2D eigenvalue weighted by Gasteiger charge is 2.25. The zero-order valence-electron chi connectivity index (χ0n) is 11.3. The molecule has 124 valence electrons. The fourth-order valence-corrected chi connectivity index (χ4v) is 2.15. The number of pyridine rings is 1. The minimum absolute atomic E-state index is 0.138. The molecule has 1 aromatic heterocycles. The number of benzene rings is 1. The van der Waals surface area contributed by atoms with Crippen LogP contribution in [0, 0.1) is 30.3 Å². The lowest BCUT2D eigenvalue weighted by Gasteiger charge is -2.09. The Morgan fingerprint density at radius 2 is 1.46 bits per heavy atom. The molecule has 1 N–H and O–H groups in total. The molecule has 0 aliphatic rings. The van der Waals surface area contributed by atoms with Gasteiger partial charge in [0.25, 0.3) is 11.4 Å². The van der Waals surface area contributed by atoms with Crippen LogP contribution in [0.5, 0.6) is 0 Å². The number of non-ortho nitro benzene ring substituents is 1. The quantitative estimate of drug-likeness (QED) is 0.611. The molecule has 1 aromatic carbocycles. The number of nitro benzene ring substituents is 2. The maximum absolute atomic E-state index is 11.1. The van der Waals surface area contributed by atoms with E-state index in [9.17, 15) is 30.3 Å². The monoisotopic (exact) mass is 373 g/mol. The molecule has 1 heterocycles. The summed E-state index contributed by atoms with van der Waals surface area (Å²) in [5.74, 6) is -0.138. The summed E-state index contributed by atoms with van der Waals surface area (Å²) in [6.45, 7) is 0. The first kappa shape index (κ1) is 17.3. The number of rotatable bonds is 5. The van der Waals surface area contributed by atoms with Gasteiger partial charge in [0.05, 0.1) is 30.9 Å². The Kier molecular flexibility index (Phi) is 4.76. The smallest absolute Gasteiger partial charge is 0.301 e. The lowest BCUT2D eigenvalue weighted by atomic mass is 10.2. The van der Waals surface area contributed by atoms with Crippen LogP contribution in [0.1, 0.15) is 0 Å². The molecule has 11 nitrogen and oxygen atoms in total. The van der Waals surface area contributed by atoms with Crippen molar-refractivity contribution in [1.29, 1.82) is 0 Å². The van der Waals surface area contributed by atoms with Crippen molar-refractivity contribution in [2.75, 3.05) is 5.32 Å². The van der Waals surface area contributed by atoms with E-state index >= 15 is 0 Å². The molecule has 0 unspecified atom stereocenters. The van der Waals surface area contributed by atoms with Crippen molar-refractivity contribution in [2.24, 2.45) is 0 Å². The summed E-state index contributed by atoms with van der Waals surface area (Å²) in [6.07, 6.45) is 0.888. The molecule has 0 saturated carbocycles. The van der Waals surface area contributed by atoms with Gasteiger partial charge in [-0.3, -0.25) is 30.3 Å². The second kappa shape index (κ2) is 6.60. The molecule has 0 spiro atoms. The summed E-state index contributed by atoms with van der Waals surface area (Å²) >= 11 is 11.7.